The lowest BCUT2D eigenvalue weighted by atomic mass is 9.88. The number of nitrogens with zero attached hydrogens (tertiary/aromatic N) is 3. The first-order valence-corrected chi connectivity index (χ1v) is 7.11. The van der Waals surface area contributed by atoms with Crippen molar-refractivity contribution in [3.05, 3.63) is 30.1 Å². The van der Waals surface area contributed by atoms with E-state index in [-0.39, 0.29) is 23.8 Å². The number of ether oxygens (including phenoxy) is 1. The van der Waals surface area contributed by atoms with Gasteiger partial charge < -0.3 is 14.5 Å². The molecular formula is C15H19N3O3. The summed E-state index contributed by atoms with van der Waals surface area (Å²) >= 11 is 0. The van der Waals surface area contributed by atoms with Crippen LogP contribution in [-0.4, -0.2) is 66.5 Å². The quantitative estimate of drug-likeness (QED) is 0.751. The third-order valence-corrected chi connectivity index (χ3v) is 4.27. The minimum absolute atomic E-state index is 0.00167. The van der Waals surface area contributed by atoms with E-state index in [0.717, 1.165) is 6.42 Å². The van der Waals surface area contributed by atoms with Crippen molar-refractivity contribution in [2.45, 2.75) is 6.42 Å². The third-order valence-electron chi connectivity index (χ3n) is 4.27. The molecule has 2 aliphatic rings. The summed E-state index contributed by atoms with van der Waals surface area (Å²) in [6.45, 7) is 2.62. The lowest BCUT2D eigenvalue weighted by molar-refractivity contribution is -0.132. The van der Waals surface area contributed by atoms with Crippen LogP contribution in [0.15, 0.2) is 24.5 Å². The number of likely N-dealkylation sites (tertiary alicyclic amines) is 1. The Bertz CT molecular complexity index is 548. The van der Waals surface area contributed by atoms with Gasteiger partial charge in [-0.15, -0.1) is 0 Å². The zero-order valence-electron chi connectivity index (χ0n) is 12.1. The van der Waals surface area contributed by atoms with Crippen LogP contribution in [-0.2, 0) is 9.53 Å². The highest BCUT2D eigenvalue weighted by Crippen LogP contribution is 2.33. The Hall–Kier alpha value is -1.95. The van der Waals surface area contributed by atoms with Crippen LogP contribution in [0.2, 0.25) is 0 Å². The second-order valence-electron chi connectivity index (χ2n) is 5.96. The van der Waals surface area contributed by atoms with E-state index in [4.69, 9.17) is 4.74 Å². The van der Waals surface area contributed by atoms with Crippen LogP contribution in [0.5, 0.6) is 0 Å². The molecular weight excluding hydrogens is 270 g/mol. The number of rotatable bonds is 1. The predicted octanol–water partition coefficient (Wildman–Crippen LogP) is 0.403. The van der Waals surface area contributed by atoms with E-state index in [2.05, 4.69) is 4.98 Å². The van der Waals surface area contributed by atoms with Crippen LogP contribution in [0.25, 0.3) is 0 Å². The summed E-state index contributed by atoms with van der Waals surface area (Å²) in [6, 6.07) is 3.54. The fourth-order valence-corrected chi connectivity index (χ4v) is 3.13. The van der Waals surface area contributed by atoms with Crippen LogP contribution in [0, 0.1) is 5.41 Å². The highest BCUT2D eigenvalue weighted by molar-refractivity contribution is 5.94. The second kappa shape index (κ2) is 5.44. The number of carbonyl (C=O) groups excluding carboxylic acids is 2. The van der Waals surface area contributed by atoms with E-state index in [1.165, 1.54) is 0 Å². The summed E-state index contributed by atoms with van der Waals surface area (Å²) in [4.78, 5) is 31.7. The average Bonchev–Trinajstić information content (AvgIpc) is 2.85. The molecule has 1 atom stereocenters. The molecule has 2 amide bonds. The van der Waals surface area contributed by atoms with Crippen LogP contribution >= 0.6 is 0 Å². The molecule has 112 valence electrons. The van der Waals surface area contributed by atoms with Gasteiger partial charge in [-0.25, -0.2) is 0 Å². The number of aromatic nitrogens is 1. The Kier molecular flexibility index (Phi) is 3.63. The molecule has 1 unspecified atom stereocenters. The molecule has 0 bridgehead atoms. The standard InChI is InChI=1S/C15H19N3O3/c1-17-9-15(11-21-8-13(17)19)4-6-18(10-15)14(20)12-3-2-5-16-7-12/h2-3,5,7H,4,6,8-11H2,1H3. The number of amides is 2. The van der Waals surface area contributed by atoms with E-state index in [1.807, 2.05) is 4.90 Å². The lowest BCUT2D eigenvalue weighted by Crippen LogP contribution is -2.41. The van der Waals surface area contributed by atoms with E-state index < -0.39 is 0 Å². The SMILES string of the molecule is CN1CC2(CCN(C(=O)c3cccnc3)C2)COCC1=O. The minimum atomic E-state index is -0.140. The van der Waals surface area contributed by atoms with Crippen molar-refractivity contribution in [3.8, 4) is 0 Å². The van der Waals surface area contributed by atoms with E-state index >= 15 is 0 Å². The van der Waals surface area contributed by atoms with Crippen molar-refractivity contribution in [3.63, 3.8) is 0 Å². The van der Waals surface area contributed by atoms with Crippen LogP contribution in [0.4, 0.5) is 0 Å². The van der Waals surface area contributed by atoms with E-state index in [1.54, 1.807) is 36.5 Å². The summed E-state index contributed by atoms with van der Waals surface area (Å²) in [7, 11) is 1.80. The molecule has 3 rings (SSSR count). The maximum atomic E-state index is 12.5. The molecule has 6 heteroatoms. The van der Waals surface area contributed by atoms with Gasteiger partial charge in [0.15, 0.2) is 0 Å². The Morgan fingerprint density at radius 1 is 1.43 bits per heavy atom. The summed E-state index contributed by atoms with van der Waals surface area (Å²) in [5, 5.41) is 0. The van der Waals surface area contributed by atoms with Gasteiger partial charge in [0.1, 0.15) is 6.61 Å². The van der Waals surface area contributed by atoms with Crippen molar-refractivity contribution in [2.24, 2.45) is 5.41 Å². The molecule has 0 aliphatic carbocycles. The molecule has 0 radical (unpaired) electrons. The number of hydrogen-bond donors (Lipinski definition) is 0. The molecule has 1 spiro atoms. The fraction of sp³-hybridized carbons (Fsp3) is 0.533. The summed E-state index contributed by atoms with van der Waals surface area (Å²) in [5.41, 5.74) is 0.465. The van der Waals surface area contributed by atoms with Gasteiger partial charge in [-0.1, -0.05) is 0 Å². The molecule has 1 aromatic heterocycles. The Balaban J connectivity index is 1.73. The topological polar surface area (TPSA) is 62.7 Å². The molecule has 0 aromatic carbocycles. The van der Waals surface area contributed by atoms with Gasteiger partial charge in [0, 0.05) is 44.5 Å². The first kappa shape index (κ1) is 14.0. The van der Waals surface area contributed by atoms with Gasteiger partial charge in [-0.05, 0) is 18.6 Å². The van der Waals surface area contributed by atoms with Gasteiger partial charge in [0.2, 0.25) is 5.91 Å². The van der Waals surface area contributed by atoms with E-state index in [0.29, 0.717) is 31.8 Å². The summed E-state index contributed by atoms with van der Waals surface area (Å²) in [5.74, 6) is 0.00196. The molecule has 2 fully saturated rings. The van der Waals surface area contributed by atoms with Crippen molar-refractivity contribution >= 4 is 11.8 Å². The zero-order valence-corrected chi connectivity index (χ0v) is 12.1. The van der Waals surface area contributed by atoms with Crippen LogP contribution < -0.4 is 0 Å². The first-order valence-electron chi connectivity index (χ1n) is 7.11. The number of likely N-dealkylation sites (N-methyl/N-ethyl adjacent to an activating group) is 1. The zero-order chi connectivity index (χ0) is 14.9. The van der Waals surface area contributed by atoms with Crippen molar-refractivity contribution in [2.75, 3.05) is 39.9 Å². The molecule has 1 aromatic rings. The number of pyridine rings is 1. The smallest absolute Gasteiger partial charge is 0.255 e. The molecule has 0 saturated carbocycles. The van der Waals surface area contributed by atoms with Gasteiger partial charge in [-0.3, -0.25) is 14.6 Å². The number of carbonyl (C=O) groups is 2. The second-order valence-corrected chi connectivity index (χ2v) is 5.96. The lowest BCUT2D eigenvalue weighted by Gasteiger charge is -2.29. The molecule has 6 nitrogen and oxygen atoms in total. The minimum Gasteiger partial charge on any atom is -0.371 e. The Morgan fingerprint density at radius 2 is 2.29 bits per heavy atom. The molecule has 21 heavy (non-hydrogen) atoms. The fourth-order valence-electron chi connectivity index (χ4n) is 3.13. The monoisotopic (exact) mass is 289 g/mol. The van der Waals surface area contributed by atoms with Crippen molar-refractivity contribution in [1.82, 2.24) is 14.8 Å². The Labute approximate surface area is 123 Å². The molecule has 2 aliphatic heterocycles. The third kappa shape index (κ3) is 2.76. The van der Waals surface area contributed by atoms with Crippen molar-refractivity contribution in [1.29, 1.82) is 0 Å². The highest BCUT2D eigenvalue weighted by atomic mass is 16.5. The molecule has 3 heterocycles. The molecule has 2 saturated heterocycles. The van der Waals surface area contributed by atoms with Crippen LogP contribution in [0.3, 0.4) is 0 Å². The highest BCUT2D eigenvalue weighted by Gasteiger charge is 2.43. The summed E-state index contributed by atoms with van der Waals surface area (Å²) in [6.07, 6.45) is 4.10. The maximum absolute atomic E-state index is 12.5. The van der Waals surface area contributed by atoms with Crippen LogP contribution in [0.1, 0.15) is 16.8 Å². The predicted molar refractivity (Wildman–Crippen MR) is 75.6 cm³/mol. The van der Waals surface area contributed by atoms with Gasteiger partial charge in [0.25, 0.3) is 5.91 Å². The maximum Gasteiger partial charge on any atom is 0.255 e. The largest absolute Gasteiger partial charge is 0.371 e. The summed E-state index contributed by atoms with van der Waals surface area (Å²) < 4.78 is 5.51. The first-order chi connectivity index (χ1) is 10.1. The average molecular weight is 289 g/mol. The number of hydrogen-bond acceptors (Lipinski definition) is 4. The molecule has 0 N–H and O–H groups in total. The van der Waals surface area contributed by atoms with Gasteiger partial charge in [-0.2, -0.15) is 0 Å². The van der Waals surface area contributed by atoms with E-state index in [9.17, 15) is 9.59 Å². The van der Waals surface area contributed by atoms with Gasteiger partial charge >= 0.3 is 0 Å². The Morgan fingerprint density at radius 3 is 3.05 bits per heavy atom. The van der Waals surface area contributed by atoms with Gasteiger partial charge in [0.05, 0.1) is 12.2 Å². The normalized spacial score (nSPS) is 26.2. The van der Waals surface area contributed by atoms with Crippen molar-refractivity contribution < 1.29 is 14.3 Å².